The van der Waals surface area contributed by atoms with E-state index in [0.717, 1.165) is 6.08 Å². The molecule has 2 heterocycles. The summed E-state index contributed by atoms with van der Waals surface area (Å²) in [5.41, 5.74) is 0.457. The average molecular weight is 329 g/mol. The summed E-state index contributed by atoms with van der Waals surface area (Å²) in [7, 11) is -2.94. The van der Waals surface area contributed by atoms with Crippen molar-refractivity contribution in [1.29, 1.82) is 0 Å². The second kappa shape index (κ2) is 6.40. The molecule has 1 aromatic rings. The fraction of sp³-hybridized carbons (Fsp3) is 0.385. The van der Waals surface area contributed by atoms with Crippen molar-refractivity contribution in [2.24, 2.45) is 0 Å². The summed E-state index contributed by atoms with van der Waals surface area (Å²) in [6.07, 6.45) is 3.31. The fourth-order valence-corrected chi connectivity index (χ4v) is 4.29. The van der Waals surface area contributed by atoms with Crippen LogP contribution in [0.15, 0.2) is 17.5 Å². The minimum absolute atomic E-state index is 0.105. The summed E-state index contributed by atoms with van der Waals surface area (Å²) in [6, 6.07) is 1.48. The van der Waals surface area contributed by atoms with Gasteiger partial charge in [-0.3, -0.25) is 4.79 Å². The Bertz CT molecular complexity index is 660. The van der Waals surface area contributed by atoms with E-state index < -0.39 is 15.8 Å². The van der Waals surface area contributed by atoms with Crippen molar-refractivity contribution < 1.29 is 23.1 Å². The zero-order valence-electron chi connectivity index (χ0n) is 11.1. The van der Waals surface area contributed by atoms with Crippen LogP contribution in [0, 0.1) is 0 Å². The SMILES string of the molecule is O=C(O)C=Cc1cc(C(=O)NC2CCS(=O)(=O)CC2)cs1. The lowest BCUT2D eigenvalue weighted by atomic mass is 10.1. The van der Waals surface area contributed by atoms with Crippen LogP contribution in [0.2, 0.25) is 0 Å². The number of hydrogen-bond donors (Lipinski definition) is 2. The van der Waals surface area contributed by atoms with E-state index in [-0.39, 0.29) is 23.5 Å². The predicted octanol–water partition coefficient (Wildman–Crippen LogP) is 1.15. The van der Waals surface area contributed by atoms with E-state index in [1.165, 1.54) is 17.4 Å². The molecule has 114 valence electrons. The third kappa shape index (κ3) is 4.68. The summed E-state index contributed by atoms with van der Waals surface area (Å²) in [4.78, 5) is 23.1. The molecule has 2 N–H and O–H groups in total. The molecule has 2 rings (SSSR count). The smallest absolute Gasteiger partial charge is 0.328 e. The number of nitrogens with one attached hydrogen (secondary N) is 1. The summed E-state index contributed by atoms with van der Waals surface area (Å²) in [5, 5.41) is 13.0. The first-order valence-electron chi connectivity index (χ1n) is 6.36. The lowest BCUT2D eigenvalue weighted by molar-refractivity contribution is -0.131. The molecule has 0 aromatic carbocycles. The minimum Gasteiger partial charge on any atom is -0.478 e. The highest BCUT2D eigenvalue weighted by molar-refractivity contribution is 7.91. The van der Waals surface area contributed by atoms with Gasteiger partial charge in [-0.05, 0) is 25.0 Å². The molecule has 1 amide bonds. The molecule has 0 radical (unpaired) electrons. The van der Waals surface area contributed by atoms with Gasteiger partial charge in [0, 0.05) is 22.4 Å². The Labute approximate surface area is 126 Å². The fourth-order valence-electron chi connectivity index (χ4n) is 2.02. The number of carboxylic acids is 1. The van der Waals surface area contributed by atoms with Gasteiger partial charge >= 0.3 is 5.97 Å². The van der Waals surface area contributed by atoms with Crippen molar-refractivity contribution in [2.75, 3.05) is 11.5 Å². The molecule has 1 aromatic heterocycles. The van der Waals surface area contributed by atoms with E-state index in [4.69, 9.17) is 5.11 Å². The summed E-state index contributed by atoms with van der Waals surface area (Å²) in [6.45, 7) is 0. The first-order valence-corrected chi connectivity index (χ1v) is 9.07. The molecule has 0 saturated carbocycles. The average Bonchev–Trinajstić information content (AvgIpc) is 2.88. The molecule has 0 bridgehead atoms. The standard InChI is InChI=1S/C13H15NO5S2/c15-12(16)2-1-11-7-9(8-20-11)13(17)14-10-3-5-21(18,19)6-4-10/h1-2,7-8,10H,3-6H2,(H,14,17)(H,15,16). The van der Waals surface area contributed by atoms with Crippen molar-refractivity contribution in [3.05, 3.63) is 28.0 Å². The van der Waals surface area contributed by atoms with Gasteiger partial charge in [-0.25, -0.2) is 13.2 Å². The van der Waals surface area contributed by atoms with Gasteiger partial charge in [0.2, 0.25) is 0 Å². The summed E-state index contributed by atoms with van der Waals surface area (Å²) >= 11 is 1.27. The topological polar surface area (TPSA) is 101 Å². The maximum Gasteiger partial charge on any atom is 0.328 e. The molecule has 8 heteroatoms. The Hall–Kier alpha value is -1.67. The molecule has 1 fully saturated rings. The van der Waals surface area contributed by atoms with Crippen molar-refractivity contribution in [3.63, 3.8) is 0 Å². The van der Waals surface area contributed by atoms with E-state index in [0.29, 0.717) is 23.3 Å². The monoisotopic (exact) mass is 329 g/mol. The van der Waals surface area contributed by atoms with E-state index in [1.807, 2.05) is 0 Å². The Balaban J connectivity index is 1.93. The molecular formula is C13H15NO5S2. The second-order valence-electron chi connectivity index (χ2n) is 4.81. The maximum atomic E-state index is 12.0. The number of hydrogen-bond acceptors (Lipinski definition) is 5. The third-order valence-corrected chi connectivity index (χ3v) is 5.78. The van der Waals surface area contributed by atoms with Crippen LogP contribution in [-0.2, 0) is 14.6 Å². The molecule has 1 aliphatic rings. The quantitative estimate of drug-likeness (QED) is 0.807. The van der Waals surface area contributed by atoms with E-state index in [9.17, 15) is 18.0 Å². The normalized spacial score (nSPS) is 18.7. The van der Waals surface area contributed by atoms with Crippen LogP contribution in [0.1, 0.15) is 28.1 Å². The molecule has 1 aliphatic heterocycles. The van der Waals surface area contributed by atoms with Gasteiger partial charge in [0.05, 0.1) is 17.1 Å². The lowest BCUT2D eigenvalue weighted by Crippen LogP contribution is -2.40. The maximum absolute atomic E-state index is 12.0. The molecular weight excluding hydrogens is 314 g/mol. The first kappa shape index (κ1) is 15.7. The van der Waals surface area contributed by atoms with E-state index in [2.05, 4.69) is 5.32 Å². The summed E-state index contributed by atoms with van der Waals surface area (Å²) in [5.74, 6) is -1.09. The van der Waals surface area contributed by atoms with Gasteiger partial charge in [0.15, 0.2) is 0 Å². The Morgan fingerprint density at radius 1 is 1.33 bits per heavy atom. The minimum atomic E-state index is -2.94. The zero-order chi connectivity index (χ0) is 15.5. The molecule has 21 heavy (non-hydrogen) atoms. The number of amides is 1. The van der Waals surface area contributed by atoms with Crippen LogP contribution in [0.25, 0.3) is 6.08 Å². The van der Waals surface area contributed by atoms with E-state index in [1.54, 1.807) is 11.4 Å². The van der Waals surface area contributed by atoms with Crippen molar-refractivity contribution in [3.8, 4) is 0 Å². The number of carboxylic acid groups (broad SMARTS) is 1. The highest BCUT2D eigenvalue weighted by Gasteiger charge is 2.25. The molecule has 0 atom stereocenters. The Kier molecular flexibility index (Phi) is 4.79. The van der Waals surface area contributed by atoms with Crippen LogP contribution >= 0.6 is 11.3 Å². The number of carbonyl (C=O) groups is 2. The first-order chi connectivity index (χ1) is 9.85. The van der Waals surface area contributed by atoms with Gasteiger partial charge in [-0.15, -0.1) is 11.3 Å². The molecule has 1 saturated heterocycles. The van der Waals surface area contributed by atoms with Gasteiger partial charge in [0.1, 0.15) is 9.84 Å². The predicted molar refractivity (Wildman–Crippen MR) is 80.1 cm³/mol. The molecule has 0 unspecified atom stereocenters. The third-order valence-electron chi connectivity index (χ3n) is 3.16. The number of sulfone groups is 1. The highest BCUT2D eigenvalue weighted by atomic mass is 32.2. The van der Waals surface area contributed by atoms with Crippen molar-refractivity contribution >= 4 is 39.1 Å². The lowest BCUT2D eigenvalue weighted by Gasteiger charge is -2.22. The molecule has 0 spiro atoms. The summed E-state index contributed by atoms with van der Waals surface area (Å²) < 4.78 is 22.6. The van der Waals surface area contributed by atoms with Crippen LogP contribution < -0.4 is 5.32 Å². The van der Waals surface area contributed by atoms with Crippen LogP contribution in [-0.4, -0.2) is 42.9 Å². The van der Waals surface area contributed by atoms with Gasteiger partial charge < -0.3 is 10.4 Å². The van der Waals surface area contributed by atoms with Gasteiger partial charge in [0.25, 0.3) is 5.91 Å². The number of carbonyl (C=O) groups excluding carboxylic acids is 1. The van der Waals surface area contributed by atoms with Gasteiger partial charge in [-0.1, -0.05) is 0 Å². The number of rotatable bonds is 4. The van der Waals surface area contributed by atoms with Crippen LogP contribution in [0.3, 0.4) is 0 Å². The highest BCUT2D eigenvalue weighted by Crippen LogP contribution is 2.18. The van der Waals surface area contributed by atoms with Gasteiger partial charge in [-0.2, -0.15) is 0 Å². The zero-order valence-corrected chi connectivity index (χ0v) is 12.7. The Morgan fingerprint density at radius 2 is 2.00 bits per heavy atom. The number of aliphatic carboxylic acids is 1. The second-order valence-corrected chi connectivity index (χ2v) is 8.06. The Morgan fingerprint density at radius 3 is 2.62 bits per heavy atom. The largest absolute Gasteiger partial charge is 0.478 e. The van der Waals surface area contributed by atoms with E-state index >= 15 is 0 Å². The molecule has 0 aliphatic carbocycles. The number of thiophene rings is 1. The van der Waals surface area contributed by atoms with Crippen molar-refractivity contribution in [2.45, 2.75) is 18.9 Å². The van der Waals surface area contributed by atoms with Crippen LogP contribution in [0.4, 0.5) is 0 Å². The van der Waals surface area contributed by atoms with Crippen molar-refractivity contribution in [1.82, 2.24) is 5.32 Å². The van der Waals surface area contributed by atoms with Crippen LogP contribution in [0.5, 0.6) is 0 Å². The molecule has 6 nitrogen and oxygen atoms in total.